The van der Waals surface area contributed by atoms with Crippen LogP contribution in [0.3, 0.4) is 0 Å². The second-order valence-corrected chi connectivity index (χ2v) is 7.13. The standard InChI is InChI=1S/C19H26FN3.ClH/c20-15-3-4-17-18(13-22-19(17)12-15)14-5-9-23(10-6-14)11-7-16-2-1-8-21-16;/h3-4,12-14,16,21-22H,1-2,5-11H2;1H. The predicted molar refractivity (Wildman–Crippen MR) is 99.6 cm³/mol. The number of aromatic nitrogens is 1. The highest BCUT2D eigenvalue weighted by Crippen LogP contribution is 2.33. The molecule has 0 bridgehead atoms. The van der Waals surface area contributed by atoms with E-state index in [4.69, 9.17) is 0 Å². The van der Waals surface area contributed by atoms with E-state index >= 15 is 0 Å². The average Bonchev–Trinajstić information content (AvgIpc) is 3.22. The number of likely N-dealkylation sites (tertiary alicyclic amines) is 1. The van der Waals surface area contributed by atoms with Gasteiger partial charge >= 0.3 is 0 Å². The summed E-state index contributed by atoms with van der Waals surface area (Å²) in [5, 5.41) is 4.79. The van der Waals surface area contributed by atoms with Crippen molar-refractivity contribution >= 4 is 23.3 Å². The van der Waals surface area contributed by atoms with Crippen LogP contribution in [0.2, 0.25) is 0 Å². The van der Waals surface area contributed by atoms with Crippen molar-refractivity contribution in [3.63, 3.8) is 0 Å². The minimum atomic E-state index is -0.166. The Morgan fingerprint density at radius 2 is 2.00 bits per heavy atom. The molecule has 0 spiro atoms. The third kappa shape index (κ3) is 3.76. The van der Waals surface area contributed by atoms with Crippen LogP contribution in [-0.4, -0.2) is 42.1 Å². The van der Waals surface area contributed by atoms with Gasteiger partial charge in [0.05, 0.1) is 0 Å². The number of nitrogens with one attached hydrogen (secondary N) is 2. The van der Waals surface area contributed by atoms with Crippen LogP contribution in [0, 0.1) is 5.82 Å². The lowest BCUT2D eigenvalue weighted by atomic mass is 9.89. The van der Waals surface area contributed by atoms with Gasteiger partial charge in [0.15, 0.2) is 0 Å². The molecule has 1 unspecified atom stereocenters. The van der Waals surface area contributed by atoms with Crippen LogP contribution in [0.15, 0.2) is 24.4 Å². The first kappa shape index (κ1) is 17.7. The summed E-state index contributed by atoms with van der Waals surface area (Å²) in [6.45, 7) is 4.80. The lowest BCUT2D eigenvalue weighted by Gasteiger charge is -2.32. The first-order valence-electron chi connectivity index (χ1n) is 9.02. The topological polar surface area (TPSA) is 31.1 Å². The van der Waals surface area contributed by atoms with Crippen molar-refractivity contribution in [1.29, 1.82) is 0 Å². The van der Waals surface area contributed by atoms with E-state index in [1.807, 2.05) is 6.07 Å². The largest absolute Gasteiger partial charge is 0.361 e. The molecule has 3 heterocycles. The van der Waals surface area contributed by atoms with Crippen LogP contribution in [0.25, 0.3) is 10.9 Å². The molecule has 132 valence electrons. The molecule has 3 nitrogen and oxygen atoms in total. The highest BCUT2D eigenvalue weighted by Gasteiger charge is 2.23. The number of aromatic amines is 1. The molecule has 2 aliphatic rings. The molecule has 0 aliphatic carbocycles. The Balaban J connectivity index is 0.00000169. The van der Waals surface area contributed by atoms with Crippen molar-refractivity contribution < 1.29 is 4.39 Å². The molecule has 1 atom stereocenters. The van der Waals surface area contributed by atoms with Crippen molar-refractivity contribution in [2.45, 2.75) is 44.1 Å². The monoisotopic (exact) mass is 351 g/mol. The lowest BCUT2D eigenvalue weighted by molar-refractivity contribution is 0.204. The second-order valence-electron chi connectivity index (χ2n) is 7.13. The van der Waals surface area contributed by atoms with Crippen molar-refractivity contribution in [2.24, 2.45) is 0 Å². The molecule has 0 amide bonds. The van der Waals surface area contributed by atoms with Crippen LogP contribution < -0.4 is 5.32 Å². The molecule has 4 rings (SSSR count). The molecular formula is C19H27ClFN3. The summed E-state index contributed by atoms with van der Waals surface area (Å²) in [6.07, 6.45) is 8.49. The fourth-order valence-electron chi connectivity index (χ4n) is 4.27. The zero-order chi connectivity index (χ0) is 15.6. The van der Waals surface area contributed by atoms with Gasteiger partial charge in [-0.2, -0.15) is 0 Å². The number of H-pyrrole nitrogens is 1. The maximum Gasteiger partial charge on any atom is 0.125 e. The Bertz CT molecular complexity index is 658. The number of rotatable bonds is 4. The average molecular weight is 352 g/mol. The summed E-state index contributed by atoms with van der Waals surface area (Å²) in [6, 6.07) is 5.84. The lowest BCUT2D eigenvalue weighted by Crippen LogP contribution is -2.36. The van der Waals surface area contributed by atoms with Gasteiger partial charge in [0.25, 0.3) is 0 Å². The van der Waals surface area contributed by atoms with Crippen molar-refractivity contribution in [3.8, 4) is 0 Å². The summed E-state index contributed by atoms with van der Waals surface area (Å²) in [7, 11) is 0. The summed E-state index contributed by atoms with van der Waals surface area (Å²) in [5.41, 5.74) is 2.30. The Labute approximate surface area is 149 Å². The number of fused-ring (bicyclic) bond motifs is 1. The predicted octanol–water partition coefficient (Wildman–Crippen LogP) is 4.05. The number of halogens is 2. The van der Waals surface area contributed by atoms with Gasteiger partial charge in [-0.05, 0) is 88.0 Å². The zero-order valence-corrected chi connectivity index (χ0v) is 14.9. The van der Waals surface area contributed by atoms with Crippen molar-refractivity contribution in [2.75, 3.05) is 26.2 Å². The fourth-order valence-corrected chi connectivity index (χ4v) is 4.27. The van der Waals surface area contributed by atoms with Crippen LogP contribution in [-0.2, 0) is 0 Å². The van der Waals surface area contributed by atoms with Gasteiger partial charge in [-0.3, -0.25) is 0 Å². The third-order valence-electron chi connectivity index (χ3n) is 5.66. The van der Waals surface area contributed by atoms with Gasteiger partial charge in [0, 0.05) is 23.1 Å². The van der Waals surface area contributed by atoms with E-state index in [0.717, 1.165) is 11.6 Å². The molecule has 0 saturated carbocycles. The Morgan fingerprint density at radius 1 is 1.17 bits per heavy atom. The van der Waals surface area contributed by atoms with Crippen molar-refractivity contribution in [3.05, 3.63) is 35.8 Å². The van der Waals surface area contributed by atoms with E-state index in [0.29, 0.717) is 5.92 Å². The van der Waals surface area contributed by atoms with E-state index < -0.39 is 0 Å². The van der Waals surface area contributed by atoms with E-state index in [9.17, 15) is 4.39 Å². The van der Waals surface area contributed by atoms with Gasteiger partial charge in [-0.25, -0.2) is 4.39 Å². The number of benzene rings is 1. The maximum atomic E-state index is 13.3. The molecule has 1 aromatic carbocycles. The smallest absolute Gasteiger partial charge is 0.125 e. The van der Waals surface area contributed by atoms with Crippen molar-refractivity contribution in [1.82, 2.24) is 15.2 Å². The summed E-state index contributed by atoms with van der Waals surface area (Å²) in [5.74, 6) is 0.441. The molecule has 0 radical (unpaired) electrons. The molecule has 2 saturated heterocycles. The van der Waals surface area contributed by atoms with Crippen LogP contribution in [0.4, 0.5) is 4.39 Å². The minimum Gasteiger partial charge on any atom is -0.361 e. The van der Waals surface area contributed by atoms with E-state index in [1.54, 1.807) is 12.1 Å². The highest BCUT2D eigenvalue weighted by molar-refractivity contribution is 5.85. The Kier molecular flexibility index (Phi) is 5.80. The van der Waals surface area contributed by atoms with E-state index in [-0.39, 0.29) is 18.2 Å². The number of nitrogens with zero attached hydrogens (tertiary/aromatic N) is 1. The van der Waals surface area contributed by atoms with Gasteiger partial charge < -0.3 is 15.2 Å². The van der Waals surface area contributed by atoms with E-state index in [2.05, 4.69) is 21.4 Å². The van der Waals surface area contributed by atoms with E-state index in [1.165, 1.54) is 69.2 Å². The van der Waals surface area contributed by atoms with Gasteiger partial charge in [-0.1, -0.05) is 0 Å². The minimum absolute atomic E-state index is 0. The third-order valence-corrected chi connectivity index (χ3v) is 5.66. The quantitative estimate of drug-likeness (QED) is 0.870. The first-order valence-corrected chi connectivity index (χ1v) is 9.02. The highest BCUT2D eigenvalue weighted by atomic mass is 35.5. The SMILES string of the molecule is Cl.Fc1ccc2c(C3CCN(CCC4CCCN4)CC3)c[nH]c2c1. The molecule has 1 aromatic heterocycles. The molecule has 24 heavy (non-hydrogen) atoms. The fraction of sp³-hybridized carbons (Fsp3) is 0.579. The molecule has 2 aliphatic heterocycles. The summed E-state index contributed by atoms with van der Waals surface area (Å²) < 4.78 is 13.3. The number of piperidine rings is 1. The first-order chi connectivity index (χ1) is 11.3. The number of hydrogen-bond acceptors (Lipinski definition) is 2. The van der Waals surface area contributed by atoms with Crippen LogP contribution in [0.5, 0.6) is 0 Å². The molecule has 5 heteroatoms. The summed E-state index contributed by atoms with van der Waals surface area (Å²) in [4.78, 5) is 5.85. The Morgan fingerprint density at radius 3 is 2.75 bits per heavy atom. The molecular weight excluding hydrogens is 325 g/mol. The molecule has 2 fully saturated rings. The van der Waals surface area contributed by atoms with Gasteiger partial charge in [0.2, 0.25) is 0 Å². The number of hydrogen-bond donors (Lipinski definition) is 2. The summed E-state index contributed by atoms with van der Waals surface area (Å²) >= 11 is 0. The van der Waals surface area contributed by atoms with Crippen LogP contribution >= 0.6 is 12.4 Å². The molecule has 2 aromatic rings. The second kappa shape index (κ2) is 7.85. The zero-order valence-electron chi connectivity index (χ0n) is 14.1. The molecule has 2 N–H and O–H groups in total. The Hall–Kier alpha value is -1.10. The normalized spacial score (nSPS) is 22.8. The van der Waals surface area contributed by atoms with Gasteiger partial charge in [-0.15, -0.1) is 12.4 Å². The van der Waals surface area contributed by atoms with Gasteiger partial charge in [0.1, 0.15) is 5.82 Å². The van der Waals surface area contributed by atoms with Crippen LogP contribution in [0.1, 0.15) is 43.6 Å². The maximum absolute atomic E-state index is 13.3.